The van der Waals surface area contributed by atoms with E-state index in [4.69, 9.17) is 5.73 Å². The molecule has 0 spiro atoms. The van der Waals surface area contributed by atoms with Crippen molar-refractivity contribution in [3.8, 4) is 0 Å². The third-order valence-electron chi connectivity index (χ3n) is 3.38. The lowest BCUT2D eigenvalue weighted by atomic mass is 10.3. The lowest BCUT2D eigenvalue weighted by Crippen LogP contribution is -2.28. The van der Waals surface area contributed by atoms with E-state index in [-0.39, 0.29) is 5.91 Å². The molecule has 2 aromatic heterocycles. The maximum atomic E-state index is 12.5. The van der Waals surface area contributed by atoms with Crippen LogP contribution >= 0.6 is 0 Å². The van der Waals surface area contributed by atoms with Crippen LogP contribution in [-0.4, -0.2) is 22.5 Å². The van der Waals surface area contributed by atoms with E-state index < -0.39 is 0 Å². The van der Waals surface area contributed by atoms with Crippen LogP contribution in [0.5, 0.6) is 0 Å². The van der Waals surface area contributed by atoms with Gasteiger partial charge in [0.15, 0.2) is 0 Å². The predicted octanol–water partition coefficient (Wildman–Crippen LogP) is 2.08. The van der Waals surface area contributed by atoms with Crippen molar-refractivity contribution >= 4 is 17.3 Å². The van der Waals surface area contributed by atoms with Crippen molar-refractivity contribution in [3.05, 3.63) is 42.5 Å². The normalized spacial score (nSPS) is 14.4. The highest BCUT2D eigenvalue weighted by Gasteiger charge is 2.29. The number of amides is 1. The summed E-state index contributed by atoms with van der Waals surface area (Å²) in [4.78, 5) is 18.1. The molecule has 0 saturated heterocycles. The fraction of sp³-hybridized carbons (Fsp3) is 0.286. The van der Waals surface area contributed by atoms with Crippen LogP contribution in [0.2, 0.25) is 0 Å². The van der Waals surface area contributed by atoms with Crippen LogP contribution in [0.1, 0.15) is 29.4 Å². The van der Waals surface area contributed by atoms with Crippen molar-refractivity contribution in [1.29, 1.82) is 0 Å². The molecule has 0 unspecified atom stereocenters. The van der Waals surface area contributed by atoms with Gasteiger partial charge >= 0.3 is 0 Å². The number of aromatic nitrogens is 2. The first-order valence-electron chi connectivity index (χ1n) is 6.32. The minimum absolute atomic E-state index is 0.0465. The Morgan fingerprint density at radius 2 is 2.11 bits per heavy atom. The maximum Gasteiger partial charge on any atom is 0.274 e. The van der Waals surface area contributed by atoms with E-state index in [0.29, 0.717) is 17.4 Å². The summed E-state index contributed by atoms with van der Waals surface area (Å²) in [6.45, 7) is 0. The van der Waals surface area contributed by atoms with Crippen molar-refractivity contribution < 1.29 is 4.79 Å². The van der Waals surface area contributed by atoms with E-state index in [1.54, 1.807) is 30.4 Å². The molecular formula is C14H16N4O. The van der Waals surface area contributed by atoms with Gasteiger partial charge in [0.05, 0.1) is 5.69 Å². The van der Waals surface area contributed by atoms with Gasteiger partial charge in [-0.15, -0.1) is 0 Å². The maximum absolute atomic E-state index is 12.5. The number of anilines is 2. The Morgan fingerprint density at radius 1 is 1.42 bits per heavy atom. The Balaban J connectivity index is 1.91. The molecule has 0 atom stereocenters. The largest absolute Gasteiger partial charge is 0.397 e. The van der Waals surface area contributed by atoms with E-state index in [9.17, 15) is 4.79 Å². The number of nitrogen functional groups attached to an aromatic ring is 1. The molecule has 3 rings (SSSR count). The van der Waals surface area contributed by atoms with Gasteiger partial charge in [-0.05, 0) is 31.0 Å². The molecule has 5 nitrogen and oxygen atoms in total. The average Bonchev–Trinajstić information content (AvgIpc) is 3.21. The minimum atomic E-state index is -0.0465. The Bertz CT molecular complexity index is 601. The summed E-state index contributed by atoms with van der Waals surface area (Å²) >= 11 is 0. The third kappa shape index (κ3) is 2.19. The Hall–Kier alpha value is -2.30. The molecule has 1 aliphatic rings. The van der Waals surface area contributed by atoms with E-state index in [0.717, 1.165) is 18.5 Å². The zero-order chi connectivity index (χ0) is 13.4. The molecule has 2 aromatic rings. The van der Waals surface area contributed by atoms with Gasteiger partial charge in [-0.2, -0.15) is 0 Å². The van der Waals surface area contributed by atoms with Crippen molar-refractivity contribution in [3.63, 3.8) is 0 Å². The monoisotopic (exact) mass is 256 g/mol. The van der Waals surface area contributed by atoms with Gasteiger partial charge in [0.1, 0.15) is 5.69 Å². The molecule has 1 saturated carbocycles. The highest BCUT2D eigenvalue weighted by atomic mass is 16.2. The van der Waals surface area contributed by atoms with Gasteiger partial charge < -0.3 is 15.2 Å². The summed E-state index contributed by atoms with van der Waals surface area (Å²) in [6, 6.07) is 5.80. The highest BCUT2D eigenvalue weighted by molar-refractivity contribution is 6.05. The molecule has 1 fully saturated rings. The van der Waals surface area contributed by atoms with Gasteiger partial charge in [-0.1, -0.05) is 0 Å². The van der Waals surface area contributed by atoms with Gasteiger partial charge in [0.25, 0.3) is 5.91 Å². The van der Waals surface area contributed by atoms with Crippen molar-refractivity contribution in [1.82, 2.24) is 9.55 Å². The summed E-state index contributed by atoms with van der Waals surface area (Å²) in [6.07, 6.45) is 7.44. The zero-order valence-electron chi connectivity index (χ0n) is 10.8. The molecule has 98 valence electrons. The van der Waals surface area contributed by atoms with Crippen LogP contribution < -0.4 is 10.6 Å². The number of carbonyl (C=O) groups excluding carboxylic acids is 1. The molecule has 0 aromatic carbocycles. The van der Waals surface area contributed by atoms with Crippen molar-refractivity contribution in [2.75, 3.05) is 17.7 Å². The smallest absolute Gasteiger partial charge is 0.274 e. The Kier molecular flexibility index (Phi) is 2.74. The Morgan fingerprint density at radius 3 is 2.74 bits per heavy atom. The molecule has 0 aliphatic heterocycles. The molecule has 1 amide bonds. The van der Waals surface area contributed by atoms with Crippen LogP contribution in [0.15, 0.2) is 36.8 Å². The quantitative estimate of drug-likeness (QED) is 0.914. The molecule has 0 radical (unpaired) electrons. The first kappa shape index (κ1) is 11.8. The van der Waals surface area contributed by atoms with Crippen LogP contribution in [0, 0.1) is 0 Å². The predicted molar refractivity (Wildman–Crippen MR) is 74.1 cm³/mol. The fourth-order valence-electron chi connectivity index (χ4n) is 2.18. The summed E-state index contributed by atoms with van der Waals surface area (Å²) in [5.74, 6) is -0.0465. The molecule has 2 heterocycles. The summed E-state index contributed by atoms with van der Waals surface area (Å²) in [5.41, 5.74) is 7.93. The molecule has 5 heteroatoms. The van der Waals surface area contributed by atoms with Crippen LogP contribution in [0.3, 0.4) is 0 Å². The number of carbonyl (C=O) groups is 1. The van der Waals surface area contributed by atoms with E-state index >= 15 is 0 Å². The number of nitrogens with two attached hydrogens (primary N) is 1. The molecular weight excluding hydrogens is 240 g/mol. The first-order chi connectivity index (χ1) is 9.16. The van der Waals surface area contributed by atoms with E-state index in [1.807, 2.05) is 22.9 Å². The SMILES string of the molecule is CN(C(=O)c1cc(N)cn1C1CC1)c1ccncc1. The zero-order valence-corrected chi connectivity index (χ0v) is 10.8. The van der Waals surface area contributed by atoms with Crippen LogP contribution in [-0.2, 0) is 0 Å². The minimum Gasteiger partial charge on any atom is -0.397 e. The van der Waals surface area contributed by atoms with Gasteiger partial charge in [-0.3, -0.25) is 9.78 Å². The number of nitrogens with zero attached hydrogens (tertiary/aromatic N) is 3. The summed E-state index contributed by atoms with van der Waals surface area (Å²) in [7, 11) is 1.76. The van der Waals surface area contributed by atoms with E-state index in [2.05, 4.69) is 4.98 Å². The lowest BCUT2D eigenvalue weighted by Gasteiger charge is -2.18. The third-order valence-corrected chi connectivity index (χ3v) is 3.38. The lowest BCUT2D eigenvalue weighted by molar-refractivity contribution is 0.0984. The second kappa shape index (κ2) is 4.42. The number of hydrogen-bond donors (Lipinski definition) is 1. The number of pyridine rings is 1. The average molecular weight is 256 g/mol. The first-order valence-corrected chi connectivity index (χ1v) is 6.32. The van der Waals surface area contributed by atoms with Crippen LogP contribution in [0.4, 0.5) is 11.4 Å². The highest BCUT2D eigenvalue weighted by Crippen LogP contribution is 2.37. The standard InChI is InChI=1S/C14H16N4O/c1-17(11-4-6-16-7-5-11)14(19)13-8-10(15)9-18(13)12-2-3-12/h4-9,12H,2-3,15H2,1H3. The topological polar surface area (TPSA) is 64.2 Å². The molecule has 0 bridgehead atoms. The van der Waals surface area contributed by atoms with Gasteiger partial charge in [0, 0.05) is 37.4 Å². The molecule has 2 N–H and O–H groups in total. The number of rotatable bonds is 3. The Labute approximate surface area is 111 Å². The van der Waals surface area contributed by atoms with Gasteiger partial charge in [-0.25, -0.2) is 0 Å². The molecule has 1 aliphatic carbocycles. The second-order valence-electron chi connectivity index (χ2n) is 4.87. The summed E-state index contributed by atoms with van der Waals surface area (Å²) < 4.78 is 2.00. The second-order valence-corrected chi connectivity index (χ2v) is 4.87. The number of hydrogen-bond acceptors (Lipinski definition) is 3. The van der Waals surface area contributed by atoms with Crippen molar-refractivity contribution in [2.45, 2.75) is 18.9 Å². The fourth-order valence-corrected chi connectivity index (χ4v) is 2.18. The summed E-state index contributed by atoms with van der Waals surface area (Å²) in [5, 5.41) is 0. The van der Waals surface area contributed by atoms with Crippen LogP contribution in [0.25, 0.3) is 0 Å². The van der Waals surface area contributed by atoms with Crippen molar-refractivity contribution in [2.24, 2.45) is 0 Å². The van der Waals surface area contributed by atoms with E-state index in [1.165, 1.54) is 0 Å². The molecule has 19 heavy (non-hydrogen) atoms. The van der Waals surface area contributed by atoms with Gasteiger partial charge in [0.2, 0.25) is 0 Å².